The van der Waals surface area contributed by atoms with Crippen LogP contribution in [-0.2, 0) is 19.1 Å². The summed E-state index contributed by atoms with van der Waals surface area (Å²) in [7, 11) is 0. The van der Waals surface area contributed by atoms with Gasteiger partial charge in [-0.2, -0.15) is 0 Å². The van der Waals surface area contributed by atoms with Crippen LogP contribution in [0.15, 0.2) is 6.07 Å². The van der Waals surface area contributed by atoms with E-state index in [0.717, 1.165) is 22.3 Å². The molecule has 0 heterocycles. The van der Waals surface area contributed by atoms with Gasteiger partial charge in [-0.05, 0) is 55.9 Å². The van der Waals surface area contributed by atoms with Crippen LogP contribution in [0.2, 0.25) is 0 Å². The van der Waals surface area contributed by atoms with E-state index in [9.17, 15) is 19.2 Å². The Morgan fingerprint density at radius 3 is 2.21 bits per heavy atom. The van der Waals surface area contributed by atoms with E-state index >= 15 is 0 Å². The Bertz CT molecular complexity index is 872. The number of thiocarbonyl (C=S) groups is 1. The Morgan fingerprint density at radius 2 is 1.69 bits per heavy atom. The summed E-state index contributed by atoms with van der Waals surface area (Å²) in [4.78, 5) is 49.2. The molecule has 0 radical (unpaired) electrons. The summed E-state index contributed by atoms with van der Waals surface area (Å²) in [6.45, 7) is 9.30. The molecule has 7 heteroatoms. The van der Waals surface area contributed by atoms with Crippen molar-refractivity contribution < 1.29 is 23.9 Å². The summed E-state index contributed by atoms with van der Waals surface area (Å²) in [6.07, 6.45) is -0.162. The van der Waals surface area contributed by atoms with Crippen molar-refractivity contribution in [2.24, 2.45) is 5.92 Å². The molecule has 1 saturated carbocycles. The van der Waals surface area contributed by atoms with Gasteiger partial charge in [-0.25, -0.2) is 4.79 Å². The number of alkyl carbamates (subject to hydrolysis) is 1. The summed E-state index contributed by atoms with van der Waals surface area (Å²) >= 11 is 5.41. The lowest BCUT2D eigenvalue weighted by Gasteiger charge is -2.29. The number of hydrogen-bond donors (Lipinski definition) is 1. The fourth-order valence-corrected chi connectivity index (χ4v) is 4.64. The van der Waals surface area contributed by atoms with Crippen LogP contribution in [0.5, 0.6) is 0 Å². The molecular weight excluding hydrogens is 390 g/mol. The quantitative estimate of drug-likeness (QED) is 0.581. The molecule has 1 amide bonds. The standard InChI is InChI=1S/C22H27NO5S/c1-6-15(24)20-16(25)9-14(10-17(20)26)18-11(3)8-12(4)19(13(18)5)21(29)23-22(27)28-7-2/h8,14,20H,6-7,9-10H2,1-5H3,(H,23,27,29). The average molecular weight is 418 g/mol. The highest BCUT2D eigenvalue weighted by Gasteiger charge is 2.40. The monoisotopic (exact) mass is 417 g/mol. The minimum Gasteiger partial charge on any atom is -0.450 e. The van der Waals surface area contributed by atoms with Crippen LogP contribution in [0.1, 0.15) is 66.8 Å². The Labute approximate surface area is 176 Å². The van der Waals surface area contributed by atoms with Gasteiger partial charge in [-0.15, -0.1) is 0 Å². The zero-order chi connectivity index (χ0) is 21.9. The van der Waals surface area contributed by atoms with Crippen LogP contribution in [-0.4, -0.2) is 35.0 Å². The third-order valence-corrected chi connectivity index (χ3v) is 5.67. The van der Waals surface area contributed by atoms with Crippen molar-refractivity contribution in [1.82, 2.24) is 5.32 Å². The molecule has 1 N–H and O–H groups in total. The molecule has 6 nitrogen and oxygen atoms in total. The zero-order valence-electron chi connectivity index (χ0n) is 17.5. The molecule has 1 aliphatic rings. The van der Waals surface area contributed by atoms with Crippen molar-refractivity contribution in [3.63, 3.8) is 0 Å². The average Bonchev–Trinajstić information content (AvgIpc) is 2.60. The number of carbonyl (C=O) groups excluding carboxylic acids is 4. The first-order valence-corrected chi connectivity index (χ1v) is 10.2. The van der Waals surface area contributed by atoms with Gasteiger partial charge < -0.3 is 4.74 Å². The largest absolute Gasteiger partial charge is 0.450 e. The van der Waals surface area contributed by atoms with Gasteiger partial charge in [0, 0.05) is 24.8 Å². The van der Waals surface area contributed by atoms with Gasteiger partial charge in [-0.3, -0.25) is 19.7 Å². The Balaban J connectivity index is 2.41. The molecular formula is C22H27NO5S. The lowest BCUT2D eigenvalue weighted by molar-refractivity contribution is -0.142. The molecule has 29 heavy (non-hydrogen) atoms. The van der Waals surface area contributed by atoms with Crippen LogP contribution in [0, 0.1) is 26.7 Å². The smallest absolute Gasteiger partial charge is 0.412 e. The van der Waals surface area contributed by atoms with E-state index in [0.29, 0.717) is 5.56 Å². The number of nitrogens with one attached hydrogen (secondary N) is 1. The highest BCUT2D eigenvalue weighted by atomic mass is 32.1. The molecule has 1 aliphatic carbocycles. The number of carbonyl (C=O) groups is 4. The Kier molecular flexibility index (Phi) is 7.41. The van der Waals surface area contributed by atoms with Crippen molar-refractivity contribution in [2.75, 3.05) is 6.61 Å². The molecule has 0 aliphatic heterocycles. The lowest BCUT2D eigenvalue weighted by Crippen LogP contribution is -2.38. The molecule has 0 saturated heterocycles. The number of hydrogen-bond acceptors (Lipinski definition) is 6. The fraction of sp³-hybridized carbons (Fsp3) is 0.500. The van der Waals surface area contributed by atoms with Crippen LogP contribution < -0.4 is 5.32 Å². The van der Waals surface area contributed by atoms with Gasteiger partial charge >= 0.3 is 6.09 Å². The summed E-state index contributed by atoms with van der Waals surface area (Å²) in [5.74, 6) is -2.36. The van der Waals surface area contributed by atoms with Gasteiger partial charge in [0.05, 0.1) is 6.61 Å². The molecule has 0 unspecified atom stereocenters. The number of ether oxygens (including phenoxy) is 1. The molecule has 2 rings (SSSR count). The van der Waals surface area contributed by atoms with E-state index in [1.165, 1.54) is 0 Å². The van der Waals surface area contributed by atoms with E-state index in [4.69, 9.17) is 17.0 Å². The van der Waals surface area contributed by atoms with Crippen molar-refractivity contribution in [3.8, 4) is 0 Å². The number of rotatable bonds is 5. The predicted octanol–water partition coefficient (Wildman–Crippen LogP) is 3.64. The van der Waals surface area contributed by atoms with E-state index in [-0.39, 0.29) is 54.1 Å². The summed E-state index contributed by atoms with van der Waals surface area (Å²) in [5.41, 5.74) is 4.24. The lowest BCUT2D eigenvalue weighted by atomic mass is 9.72. The zero-order valence-corrected chi connectivity index (χ0v) is 18.3. The number of ketones is 3. The van der Waals surface area contributed by atoms with Crippen LogP contribution in [0.25, 0.3) is 0 Å². The normalized spacial score (nSPS) is 19.1. The van der Waals surface area contributed by atoms with Gasteiger partial charge in [0.1, 0.15) is 10.9 Å². The molecule has 0 aromatic heterocycles. The van der Waals surface area contributed by atoms with Gasteiger partial charge in [0.2, 0.25) is 0 Å². The van der Waals surface area contributed by atoms with Crippen LogP contribution >= 0.6 is 12.2 Å². The van der Waals surface area contributed by atoms with Crippen molar-refractivity contribution in [3.05, 3.63) is 33.9 Å². The number of Topliss-reactive ketones (excluding diaryl/α,β-unsaturated/α-hetero) is 3. The minimum absolute atomic E-state index is 0.143. The highest BCUT2D eigenvalue weighted by molar-refractivity contribution is 7.80. The molecule has 1 aromatic rings. The first-order chi connectivity index (χ1) is 13.6. The molecule has 0 atom stereocenters. The van der Waals surface area contributed by atoms with Crippen molar-refractivity contribution in [2.45, 2.75) is 59.8 Å². The molecule has 0 bridgehead atoms. The maximum atomic E-state index is 12.6. The summed E-state index contributed by atoms with van der Waals surface area (Å²) < 4.78 is 4.90. The van der Waals surface area contributed by atoms with E-state index in [1.54, 1.807) is 13.8 Å². The highest BCUT2D eigenvalue weighted by Crippen LogP contribution is 2.37. The maximum absolute atomic E-state index is 12.6. The number of amides is 1. The first kappa shape index (κ1) is 22.9. The predicted molar refractivity (Wildman–Crippen MR) is 113 cm³/mol. The Hall–Kier alpha value is -2.41. The maximum Gasteiger partial charge on any atom is 0.412 e. The summed E-state index contributed by atoms with van der Waals surface area (Å²) in [5, 5.41) is 2.57. The molecule has 156 valence electrons. The number of aryl methyl sites for hydroxylation is 2. The molecule has 0 spiro atoms. The van der Waals surface area contributed by atoms with Crippen molar-refractivity contribution >= 4 is 40.6 Å². The SMILES string of the molecule is CCOC(=O)NC(=S)c1c(C)cc(C)c(C2CC(=O)C(C(=O)CC)C(=O)C2)c1C. The van der Waals surface area contributed by atoms with Gasteiger partial charge in [0.15, 0.2) is 17.3 Å². The van der Waals surface area contributed by atoms with Crippen LogP contribution in [0.4, 0.5) is 4.79 Å². The second-order valence-electron chi connectivity index (χ2n) is 7.39. The number of benzene rings is 1. The minimum atomic E-state index is -1.12. The van der Waals surface area contributed by atoms with E-state index in [1.807, 2.05) is 26.8 Å². The molecule has 1 fully saturated rings. The van der Waals surface area contributed by atoms with Gasteiger partial charge in [-0.1, -0.05) is 25.2 Å². The van der Waals surface area contributed by atoms with Gasteiger partial charge in [0.25, 0.3) is 0 Å². The first-order valence-electron chi connectivity index (χ1n) is 9.79. The molecule has 1 aromatic carbocycles. The van der Waals surface area contributed by atoms with Crippen LogP contribution in [0.3, 0.4) is 0 Å². The third-order valence-electron chi connectivity index (χ3n) is 5.37. The third kappa shape index (κ3) is 4.78. The van der Waals surface area contributed by atoms with E-state index < -0.39 is 12.0 Å². The second kappa shape index (κ2) is 9.39. The second-order valence-corrected chi connectivity index (χ2v) is 7.80. The van der Waals surface area contributed by atoms with Crippen molar-refractivity contribution in [1.29, 1.82) is 0 Å². The topological polar surface area (TPSA) is 89.5 Å². The fourth-order valence-electron chi connectivity index (χ4n) is 4.24. The summed E-state index contributed by atoms with van der Waals surface area (Å²) in [6, 6.07) is 1.94. The van der Waals surface area contributed by atoms with E-state index in [2.05, 4.69) is 5.32 Å². The Morgan fingerprint density at radius 1 is 1.10 bits per heavy atom.